The van der Waals surface area contributed by atoms with E-state index in [4.69, 9.17) is 24.6 Å². The number of fused-ring (bicyclic) bond motifs is 4. The van der Waals surface area contributed by atoms with Gasteiger partial charge in [0.05, 0.1) is 29.9 Å². The quantitative estimate of drug-likeness (QED) is 0.109. The molecule has 92 heavy (non-hydrogen) atoms. The van der Waals surface area contributed by atoms with Crippen LogP contribution in [0.1, 0.15) is 140 Å². The molecule has 1 aromatic carbocycles. The first-order valence-electron chi connectivity index (χ1n) is 31.6. The molecule has 28 nitrogen and oxygen atoms in total. The third-order valence-electron chi connectivity index (χ3n) is 18.6. The maximum atomic E-state index is 15.3. The van der Waals surface area contributed by atoms with E-state index in [1.54, 1.807) is 62.3 Å². The van der Waals surface area contributed by atoms with E-state index < -0.39 is 191 Å². The largest absolute Gasteiger partial charge is 0.458 e. The van der Waals surface area contributed by atoms with Gasteiger partial charge >= 0.3 is 11.9 Å². The van der Waals surface area contributed by atoms with E-state index in [-0.39, 0.29) is 53.9 Å². The Morgan fingerprint density at radius 1 is 0.641 bits per heavy atom. The number of likely N-dealkylation sites (N-methyl/N-ethyl adjacent to an activating group) is 4. The van der Waals surface area contributed by atoms with Crippen molar-refractivity contribution in [2.24, 2.45) is 23.7 Å². The van der Waals surface area contributed by atoms with Crippen molar-refractivity contribution < 1.29 is 71.4 Å². The summed E-state index contributed by atoms with van der Waals surface area (Å²) in [5.74, 6) is -12.2. The number of carbonyl (C=O) groups is 12. The number of nitrogens with one attached hydrogen (secondary N) is 4. The molecule has 6 aliphatic rings. The zero-order chi connectivity index (χ0) is 68.4. The predicted octanol–water partition coefficient (Wildman–Crippen LogP) is 1.51. The van der Waals surface area contributed by atoms with Gasteiger partial charge in [0.15, 0.2) is 11.3 Å². The Hall–Kier alpha value is -8.72. The average Bonchev–Trinajstić information content (AvgIpc) is 1.10. The molecular formula is C64H90N12O16. The second-order valence-corrected chi connectivity index (χ2v) is 25.8. The summed E-state index contributed by atoms with van der Waals surface area (Å²) >= 11 is 0. The smallest absolute Gasteiger partial charge is 0.329 e. The summed E-state index contributed by atoms with van der Waals surface area (Å²) in [6, 6.07) is -7.86. The molecule has 1 aromatic rings. The lowest BCUT2D eigenvalue weighted by atomic mass is 9.96. The van der Waals surface area contributed by atoms with Gasteiger partial charge in [-0.2, -0.15) is 0 Å². The Kier molecular flexibility index (Phi) is 22.2. The van der Waals surface area contributed by atoms with Crippen LogP contribution in [-0.4, -0.2) is 220 Å². The summed E-state index contributed by atoms with van der Waals surface area (Å²) in [7, 11) is 5.61. The summed E-state index contributed by atoms with van der Waals surface area (Å²) in [6.07, 6.45) is -0.917. The molecule has 5 aliphatic heterocycles. The molecule has 0 saturated carbocycles. The Bertz CT molecular complexity index is 3460. The number of nitrogens with two attached hydrogens (primary N) is 1. The van der Waals surface area contributed by atoms with Gasteiger partial charge in [-0.3, -0.25) is 52.7 Å². The molecular weight excluding hydrogens is 1190 g/mol. The lowest BCUT2D eigenvalue weighted by Crippen LogP contribution is -2.61. The topological polar surface area (TPSA) is 360 Å². The maximum Gasteiger partial charge on any atom is 0.329 e. The van der Waals surface area contributed by atoms with Crippen LogP contribution in [-0.2, 0) is 57.4 Å². The Labute approximate surface area is 535 Å². The van der Waals surface area contributed by atoms with E-state index in [2.05, 4.69) is 21.3 Å². The molecule has 12 unspecified atom stereocenters. The third-order valence-corrected chi connectivity index (χ3v) is 18.6. The highest BCUT2D eigenvalue weighted by Crippen LogP contribution is 2.35. The minimum absolute atomic E-state index is 0.0732. The summed E-state index contributed by atoms with van der Waals surface area (Å²) < 4.78 is 18.4. The number of amides is 10. The minimum atomic E-state index is -1.88. The highest BCUT2D eigenvalue weighted by molar-refractivity contribution is 6.10. The number of anilines is 1. The predicted molar refractivity (Wildman–Crippen MR) is 335 cm³/mol. The van der Waals surface area contributed by atoms with E-state index in [0.29, 0.717) is 31.2 Å². The molecule has 10 amide bonds. The van der Waals surface area contributed by atoms with Crippen LogP contribution in [0.25, 0.3) is 22.6 Å². The number of aryl methyl sites for hydroxylation is 1. The minimum Gasteiger partial charge on any atom is -0.458 e. The first kappa shape index (κ1) is 70.7. The monoisotopic (exact) mass is 1280 g/mol. The van der Waals surface area contributed by atoms with E-state index in [0.717, 1.165) is 9.80 Å². The van der Waals surface area contributed by atoms with Crippen LogP contribution in [0.5, 0.6) is 0 Å². The second-order valence-electron chi connectivity index (χ2n) is 25.8. The molecule has 7 rings (SSSR count). The van der Waals surface area contributed by atoms with Crippen molar-refractivity contribution in [3.63, 3.8) is 0 Å². The van der Waals surface area contributed by atoms with Crippen molar-refractivity contribution in [1.82, 2.24) is 55.7 Å². The Morgan fingerprint density at radius 3 is 1.48 bits per heavy atom. The fourth-order valence-electron chi connectivity index (χ4n) is 12.6. The van der Waals surface area contributed by atoms with E-state index in [9.17, 15) is 47.9 Å². The van der Waals surface area contributed by atoms with Crippen LogP contribution in [0.4, 0.5) is 5.69 Å². The zero-order valence-electron chi connectivity index (χ0n) is 55.5. The molecule has 6 N–H and O–H groups in total. The number of hydrogen-bond acceptors (Lipinski definition) is 18. The third kappa shape index (κ3) is 14.2. The number of esters is 2. The van der Waals surface area contributed by atoms with Crippen molar-refractivity contribution in [3.05, 3.63) is 44.6 Å². The molecule has 502 valence electrons. The Balaban J connectivity index is 1.33. The number of nitrogens with zero attached hydrogens (tertiary/aromatic N) is 7. The van der Waals surface area contributed by atoms with Crippen molar-refractivity contribution in [3.8, 4) is 11.5 Å². The van der Waals surface area contributed by atoms with Crippen molar-refractivity contribution >= 4 is 87.8 Å². The fourth-order valence-corrected chi connectivity index (χ4v) is 12.6. The number of rotatable bonds is 10. The summed E-state index contributed by atoms with van der Waals surface area (Å²) in [6.45, 7) is 18.8. The van der Waals surface area contributed by atoms with Gasteiger partial charge in [0, 0.05) is 46.8 Å². The first-order valence-corrected chi connectivity index (χ1v) is 31.6. The summed E-state index contributed by atoms with van der Waals surface area (Å²) in [5, 5.41) is 10.8. The molecule has 4 saturated heterocycles. The number of aromatic nitrogens is 1. The molecule has 28 heteroatoms. The van der Waals surface area contributed by atoms with Crippen molar-refractivity contribution in [2.45, 2.75) is 182 Å². The molecule has 0 bridgehead atoms. The normalized spacial score (nSPS) is 26.5. The van der Waals surface area contributed by atoms with Gasteiger partial charge < -0.3 is 70.3 Å². The van der Waals surface area contributed by atoms with Gasteiger partial charge in [-0.15, -0.1) is 0 Å². The number of nitrogen functional groups attached to an aromatic ring is 1. The van der Waals surface area contributed by atoms with Gasteiger partial charge in [0.1, 0.15) is 71.8 Å². The first-order chi connectivity index (χ1) is 43.2. The maximum absolute atomic E-state index is 15.3. The van der Waals surface area contributed by atoms with E-state index >= 15 is 14.4 Å². The molecule has 1 aliphatic carbocycles. The van der Waals surface area contributed by atoms with Crippen LogP contribution in [0.15, 0.2) is 21.3 Å². The molecule has 4 fully saturated rings. The number of carbonyl (C=O) groups excluding carboxylic acids is 12. The number of ether oxygens (including phenoxy) is 2. The standard InChI is InChI=1S/C64H90N12O16/c1-17-31(7)44-61(86)75-25-19-21-38(75)59(84)71(13)27-40(77)73(15)50(29(3)4)63(88)90-35(11)46(57(82)67-44)69-55(80)37-24-23-33(9)53-48(37)66-49-42(43(65)52(79)34(10)54(49)92-53)56(81)70-47-36(12)91-64(89)51(30(5)6)74(16)41(78)28-72(14)60(85)39-22-20-26-76(39)62(87)45(32(8)18-2)68-58(47)83/h23-24,29-32,35-36,38-39,44-47,50-51H,17-22,25-28,65H2,1-16H3,(H,67,82)(H,68,83)(H,69,80)(H,70,81). The molecule has 0 radical (unpaired) electrons. The summed E-state index contributed by atoms with van der Waals surface area (Å²) in [5.41, 5.74) is 3.63. The SMILES string of the molecule is CCC(C)C1NC(=O)C(NC(=O)c2c3nc4c(C(=O)NC5C(=O)NC(C(C)CC)C(=O)N6CCCC6C(=O)N(C)CC(=O)N(C)C(C(C)C)C(=O)OC5C)ccc(C)c4oc-3c(C)c(=O)c2N)C(C)OC(=O)C(C(C)C)N(C)C(=O)CN(C)C(=O)C2CCCN2C1=O. The van der Waals surface area contributed by atoms with Crippen LogP contribution in [0, 0.1) is 37.5 Å². The second kappa shape index (κ2) is 28.8. The van der Waals surface area contributed by atoms with E-state index in [1.165, 1.54) is 80.7 Å². The fraction of sp³-hybridized carbons (Fsp3) is 0.625. The zero-order valence-corrected chi connectivity index (χ0v) is 55.5. The van der Waals surface area contributed by atoms with Crippen LogP contribution >= 0.6 is 0 Å². The highest BCUT2D eigenvalue weighted by Gasteiger charge is 2.47. The lowest BCUT2D eigenvalue weighted by molar-refractivity contribution is -0.163. The van der Waals surface area contributed by atoms with Crippen molar-refractivity contribution in [2.75, 3.05) is 60.1 Å². The van der Waals surface area contributed by atoms with Crippen LogP contribution in [0.2, 0.25) is 0 Å². The van der Waals surface area contributed by atoms with Gasteiger partial charge in [-0.1, -0.05) is 74.3 Å². The van der Waals surface area contributed by atoms with Gasteiger partial charge in [-0.05, 0) is 88.7 Å². The molecule has 12 atom stereocenters. The molecule has 5 heterocycles. The molecule has 0 aromatic heterocycles. The van der Waals surface area contributed by atoms with Crippen LogP contribution in [0.3, 0.4) is 0 Å². The number of hydrogen-bond donors (Lipinski definition) is 5. The average molecular weight is 1280 g/mol. The Morgan fingerprint density at radius 2 is 1.07 bits per heavy atom. The molecule has 0 spiro atoms. The van der Waals surface area contributed by atoms with Gasteiger partial charge in [-0.25, -0.2) is 14.6 Å². The highest BCUT2D eigenvalue weighted by atomic mass is 16.6. The van der Waals surface area contributed by atoms with Crippen LogP contribution < -0.4 is 32.4 Å². The van der Waals surface area contributed by atoms with Gasteiger partial charge in [0.2, 0.25) is 52.7 Å². The number of cyclic esters (lactones) is 2. The number of benzene rings is 2. The lowest BCUT2D eigenvalue weighted by Gasteiger charge is -2.36. The van der Waals surface area contributed by atoms with Crippen molar-refractivity contribution in [1.29, 1.82) is 0 Å². The van der Waals surface area contributed by atoms with Gasteiger partial charge in [0.25, 0.3) is 11.8 Å². The summed E-state index contributed by atoms with van der Waals surface area (Å²) in [4.78, 5) is 201. The van der Waals surface area contributed by atoms with E-state index in [1.807, 2.05) is 0 Å².